The standard InChI is InChI=1S/C8H8N4O/c9-5-11-8-10-4-6-2-1-3-13-7(6)12-8/h4H,1-3H2,(H,10,11,12). The second kappa shape index (κ2) is 3.27. The molecule has 1 aromatic rings. The highest BCUT2D eigenvalue weighted by molar-refractivity contribution is 5.36. The first kappa shape index (κ1) is 7.80. The maximum Gasteiger partial charge on any atom is 0.239 e. The van der Waals surface area contributed by atoms with Gasteiger partial charge in [0.1, 0.15) is 0 Å². The van der Waals surface area contributed by atoms with Gasteiger partial charge in [-0.3, -0.25) is 5.32 Å². The number of fused-ring (bicyclic) bond motifs is 1. The van der Waals surface area contributed by atoms with Crippen LogP contribution in [0.15, 0.2) is 6.20 Å². The zero-order valence-electron chi connectivity index (χ0n) is 6.95. The van der Waals surface area contributed by atoms with Gasteiger partial charge >= 0.3 is 0 Å². The lowest BCUT2D eigenvalue weighted by Gasteiger charge is -2.15. The van der Waals surface area contributed by atoms with Crippen LogP contribution in [0.3, 0.4) is 0 Å². The lowest BCUT2D eigenvalue weighted by Crippen LogP contribution is -2.11. The summed E-state index contributed by atoms with van der Waals surface area (Å²) < 4.78 is 5.31. The SMILES string of the molecule is N#CNc1ncc2c(n1)OCCC2. The molecule has 5 nitrogen and oxygen atoms in total. The van der Waals surface area contributed by atoms with Crippen LogP contribution in [0.2, 0.25) is 0 Å². The van der Waals surface area contributed by atoms with Crippen LogP contribution in [0.4, 0.5) is 5.95 Å². The number of hydrogen-bond acceptors (Lipinski definition) is 5. The van der Waals surface area contributed by atoms with Crippen LogP contribution < -0.4 is 10.1 Å². The van der Waals surface area contributed by atoms with Crippen molar-refractivity contribution in [2.75, 3.05) is 11.9 Å². The minimum Gasteiger partial charge on any atom is -0.477 e. The topological polar surface area (TPSA) is 70.8 Å². The summed E-state index contributed by atoms with van der Waals surface area (Å²) in [6, 6.07) is 0. The van der Waals surface area contributed by atoms with Gasteiger partial charge in [0.15, 0.2) is 6.19 Å². The quantitative estimate of drug-likeness (QED) is 0.503. The molecule has 0 aliphatic carbocycles. The molecule has 0 saturated heterocycles. The van der Waals surface area contributed by atoms with E-state index in [9.17, 15) is 0 Å². The molecule has 0 saturated carbocycles. The summed E-state index contributed by atoms with van der Waals surface area (Å²) in [5.74, 6) is 0.891. The summed E-state index contributed by atoms with van der Waals surface area (Å²) in [6.45, 7) is 0.690. The number of nitrogens with zero attached hydrogens (tertiary/aromatic N) is 3. The van der Waals surface area contributed by atoms with E-state index >= 15 is 0 Å². The van der Waals surface area contributed by atoms with Crippen molar-refractivity contribution in [2.24, 2.45) is 0 Å². The molecule has 5 heteroatoms. The van der Waals surface area contributed by atoms with Gasteiger partial charge in [0.05, 0.1) is 6.61 Å². The molecule has 0 fully saturated rings. The fourth-order valence-electron chi connectivity index (χ4n) is 1.23. The van der Waals surface area contributed by atoms with Crippen molar-refractivity contribution in [2.45, 2.75) is 12.8 Å². The van der Waals surface area contributed by atoms with E-state index < -0.39 is 0 Å². The lowest BCUT2D eigenvalue weighted by atomic mass is 10.1. The van der Waals surface area contributed by atoms with Crippen molar-refractivity contribution in [3.8, 4) is 12.1 Å². The molecule has 0 unspecified atom stereocenters. The van der Waals surface area contributed by atoms with Crippen LogP contribution in [0.1, 0.15) is 12.0 Å². The predicted molar refractivity (Wildman–Crippen MR) is 45.1 cm³/mol. The Balaban J connectivity index is 2.31. The Hall–Kier alpha value is -1.83. The smallest absolute Gasteiger partial charge is 0.239 e. The fraction of sp³-hybridized carbons (Fsp3) is 0.375. The van der Waals surface area contributed by atoms with Crippen LogP contribution >= 0.6 is 0 Å². The van der Waals surface area contributed by atoms with Gasteiger partial charge in [-0.05, 0) is 12.8 Å². The maximum absolute atomic E-state index is 8.34. The Morgan fingerprint density at radius 3 is 3.38 bits per heavy atom. The van der Waals surface area contributed by atoms with E-state index in [-0.39, 0.29) is 0 Å². The average Bonchev–Trinajstić information content (AvgIpc) is 2.18. The molecule has 13 heavy (non-hydrogen) atoms. The number of hydrogen-bond donors (Lipinski definition) is 1. The van der Waals surface area contributed by atoms with Crippen molar-refractivity contribution in [1.29, 1.82) is 5.26 Å². The van der Waals surface area contributed by atoms with E-state index in [2.05, 4.69) is 15.3 Å². The van der Waals surface area contributed by atoms with E-state index in [0.717, 1.165) is 18.4 Å². The Morgan fingerprint density at radius 2 is 2.54 bits per heavy atom. The Morgan fingerprint density at radius 1 is 1.62 bits per heavy atom. The molecular weight excluding hydrogens is 168 g/mol. The second-order valence-corrected chi connectivity index (χ2v) is 2.71. The van der Waals surface area contributed by atoms with Crippen molar-refractivity contribution in [3.63, 3.8) is 0 Å². The van der Waals surface area contributed by atoms with Gasteiger partial charge in [0.25, 0.3) is 0 Å². The van der Waals surface area contributed by atoms with Gasteiger partial charge in [-0.1, -0.05) is 0 Å². The average molecular weight is 176 g/mol. The molecule has 1 aromatic heterocycles. The van der Waals surface area contributed by atoms with E-state index in [1.54, 1.807) is 12.4 Å². The Labute approximate surface area is 75.4 Å². The van der Waals surface area contributed by atoms with Gasteiger partial charge in [-0.25, -0.2) is 4.98 Å². The molecular formula is C8H8N4O. The van der Waals surface area contributed by atoms with Gasteiger partial charge in [-0.15, -0.1) is 0 Å². The molecule has 0 amide bonds. The van der Waals surface area contributed by atoms with E-state index in [1.165, 1.54) is 0 Å². The highest BCUT2D eigenvalue weighted by Crippen LogP contribution is 2.21. The van der Waals surface area contributed by atoms with E-state index in [4.69, 9.17) is 10.00 Å². The van der Waals surface area contributed by atoms with Crippen LogP contribution in [-0.4, -0.2) is 16.6 Å². The van der Waals surface area contributed by atoms with Gasteiger partial charge in [0, 0.05) is 11.8 Å². The summed E-state index contributed by atoms with van der Waals surface area (Å²) in [4.78, 5) is 7.99. The molecule has 0 aromatic carbocycles. The molecule has 0 radical (unpaired) electrons. The number of nitriles is 1. The fourth-order valence-corrected chi connectivity index (χ4v) is 1.23. The summed E-state index contributed by atoms with van der Waals surface area (Å²) in [5, 5.41) is 10.7. The van der Waals surface area contributed by atoms with Crippen LogP contribution in [0.25, 0.3) is 0 Å². The number of rotatable bonds is 1. The maximum atomic E-state index is 8.34. The third-order valence-electron chi connectivity index (χ3n) is 1.82. The van der Waals surface area contributed by atoms with Crippen LogP contribution in [0, 0.1) is 11.5 Å². The predicted octanol–water partition coefficient (Wildman–Crippen LogP) is 0.695. The molecule has 0 bridgehead atoms. The van der Waals surface area contributed by atoms with Crippen LogP contribution in [0.5, 0.6) is 5.88 Å². The number of aromatic nitrogens is 2. The molecule has 2 rings (SSSR count). The third kappa shape index (κ3) is 1.51. The monoisotopic (exact) mass is 176 g/mol. The molecule has 0 spiro atoms. The molecule has 1 N–H and O–H groups in total. The van der Waals surface area contributed by atoms with Gasteiger partial charge in [-0.2, -0.15) is 10.2 Å². The number of ether oxygens (including phenoxy) is 1. The number of aryl methyl sites for hydroxylation is 1. The minimum absolute atomic E-state index is 0.295. The van der Waals surface area contributed by atoms with Crippen molar-refractivity contribution in [3.05, 3.63) is 11.8 Å². The first-order valence-corrected chi connectivity index (χ1v) is 4.04. The number of anilines is 1. The Bertz CT molecular complexity index is 358. The van der Waals surface area contributed by atoms with Crippen molar-refractivity contribution in [1.82, 2.24) is 9.97 Å². The van der Waals surface area contributed by atoms with Crippen molar-refractivity contribution < 1.29 is 4.74 Å². The molecule has 66 valence electrons. The first-order chi connectivity index (χ1) is 6.40. The van der Waals surface area contributed by atoms with Crippen molar-refractivity contribution >= 4 is 5.95 Å². The molecule has 2 heterocycles. The normalized spacial score (nSPS) is 13.8. The zero-order valence-corrected chi connectivity index (χ0v) is 6.95. The van der Waals surface area contributed by atoms with E-state index in [0.29, 0.717) is 18.4 Å². The van der Waals surface area contributed by atoms with Gasteiger partial charge in [0.2, 0.25) is 11.8 Å². The highest BCUT2D eigenvalue weighted by atomic mass is 16.5. The first-order valence-electron chi connectivity index (χ1n) is 4.04. The van der Waals surface area contributed by atoms with Gasteiger partial charge < -0.3 is 4.74 Å². The minimum atomic E-state index is 0.295. The Kier molecular flexibility index (Phi) is 1.96. The number of nitrogens with one attached hydrogen (secondary N) is 1. The van der Waals surface area contributed by atoms with E-state index in [1.807, 2.05) is 0 Å². The third-order valence-corrected chi connectivity index (χ3v) is 1.82. The lowest BCUT2D eigenvalue weighted by molar-refractivity contribution is 0.276. The zero-order chi connectivity index (χ0) is 9.10. The van der Waals surface area contributed by atoms with Crippen LogP contribution in [-0.2, 0) is 6.42 Å². The molecule has 1 aliphatic rings. The summed E-state index contributed by atoms with van der Waals surface area (Å²) in [5.41, 5.74) is 1.01. The largest absolute Gasteiger partial charge is 0.477 e. The summed E-state index contributed by atoms with van der Waals surface area (Å²) in [7, 11) is 0. The molecule has 1 aliphatic heterocycles. The molecule has 0 atom stereocenters. The summed E-state index contributed by atoms with van der Waals surface area (Å²) >= 11 is 0. The second-order valence-electron chi connectivity index (χ2n) is 2.71. The highest BCUT2D eigenvalue weighted by Gasteiger charge is 2.12. The summed E-state index contributed by atoms with van der Waals surface area (Å²) in [6.07, 6.45) is 5.40.